The molecule has 13 heavy (non-hydrogen) atoms. The molecular formula is C11H17OS+. The molecule has 0 bridgehead atoms. The average molecular weight is 197 g/mol. The zero-order valence-electron chi connectivity index (χ0n) is 8.66. The van der Waals surface area contributed by atoms with Crippen LogP contribution in [-0.2, 0) is 11.8 Å². The van der Waals surface area contributed by atoms with Gasteiger partial charge in [0.15, 0.2) is 4.90 Å². The molecule has 0 amide bonds. The number of ether oxygens (including phenoxy) is 1. The molecule has 0 radical (unpaired) electrons. The van der Waals surface area contributed by atoms with E-state index in [4.69, 9.17) is 4.74 Å². The maximum absolute atomic E-state index is 5.70. The monoisotopic (exact) mass is 197 g/mol. The Balaban J connectivity index is 2.70. The molecule has 1 nitrogen and oxygen atoms in total. The van der Waals surface area contributed by atoms with Crippen LogP contribution in [0.4, 0.5) is 0 Å². The van der Waals surface area contributed by atoms with Gasteiger partial charge in [0.25, 0.3) is 0 Å². The van der Waals surface area contributed by atoms with E-state index in [1.54, 1.807) is 0 Å². The largest absolute Gasteiger partial charge is 0.488 e. The molecular weight excluding hydrogens is 180 g/mol. The molecule has 0 N–H and O–H groups in total. The molecule has 0 atom stereocenters. The Morgan fingerprint density at radius 3 is 2.00 bits per heavy atom. The van der Waals surface area contributed by atoms with Crippen molar-refractivity contribution in [3.8, 4) is 5.75 Å². The normalized spacial score (nSPS) is 11.4. The highest BCUT2D eigenvalue weighted by Gasteiger charge is 2.11. The molecule has 0 aliphatic rings. The molecule has 2 heteroatoms. The second kappa shape index (κ2) is 4.05. The van der Waals surface area contributed by atoms with Crippen LogP contribution in [0.2, 0.25) is 0 Å². The van der Waals surface area contributed by atoms with Crippen LogP contribution < -0.4 is 4.74 Å². The van der Waals surface area contributed by atoms with Crippen molar-refractivity contribution in [2.45, 2.75) is 31.3 Å². The van der Waals surface area contributed by atoms with Crippen molar-refractivity contribution in [1.82, 2.24) is 0 Å². The lowest BCUT2D eigenvalue weighted by Crippen LogP contribution is -2.22. The summed E-state index contributed by atoms with van der Waals surface area (Å²) in [5.74, 6) is 0.944. The second-order valence-corrected chi connectivity index (χ2v) is 4.90. The highest BCUT2D eigenvalue weighted by Crippen LogP contribution is 2.18. The van der Waals surface area contributed by atoms with E-state index < -0.39 is 0 Å². The molecule has 0 aliphatic heterocycles. The van der Waals surface area contributed by atoms with Gasteiger partial charge in [-0.25, -0.2) is 0 Å². The molecule has 1 aromatic carbocycles. The summed E-state index contributed by atoms with van der Waals surface area (Å²) in [6, 6.07) is 8.25. The van der Waals surface area contributed by atoms with Gasteiger partial charge in [0.2, 0.25) is 0 Å². The minimum Gasteiger partial charge on any atom is -0.488 e. The zero-order chi connectivity index (χ0) is 9.90. The third kappa shape index (κ3) is 3.73. The maximum Gasteiger partial charge on any atom is 0.152 e. The van der Waals surface area contributed by atoms with Gasteiger partial charge in [0.05, 0.1) is 0 Å². The number of hydrogen-bond acceptors (Lipinski definition) is 1. The Bertz CT molecular complexity index is 258. The molecule has 0 spiro atoms. The lowest BCUT2D eigenvalue weighted by molar-refractivity contribution is 0.131. The molecule has 1 aromatic rings. The average Bonchev–Trinajstić information content (AvgIpc) is 2.03. The fourth-order valence-corrected chi connectivity index (χ4v) is 1.46. The molecule has 0 fully saturated rings. The molecule has 0 saturated heterocycles. The van der Waals surface area contributed by atoms with E-state index in [2.05, 4.69) is 39.2 Å². The van der Waals surface area contributed by atoms with Crippen molar-refractivity contribution in [2.75, 3.05) is 6.26 Å². The van der Waals surface area contributed by atoms with Crippen LogP contribution in [0.5, 0.6) is 5.75 Å². The number of hydrogen-bond donors (Lipinski definition) is 0. The highest BCUT2D eigenvalue weighted by molar-refractivity contribution is 7.77. The van der Waals surface area contributed by atoms with Gasteiger partial charge in [-0.05, 0) is 45.0 Å². The van der Waals surface area contributed by atoms with Crippen molar-refractivity contribution in [1.29, 1.82) is 0 Å². The van der Waals surface area contributed by atoms with E-state index in [-0.39, 0.29) is 5.60 Å². The molecule has 0 heterocycles. The lowest BCUT2D eigenvalue weighted by atomic mass is 10.2. The summed E-state index contributed by atoms with van der Waals surface area (Å²) in [7, 11) is 0. The first kappa shape index (κ1) is 10.5. The predicted octanol–water partition coefficient (Wildman–Crippen LogP) is 2.67. The lowest BCUT2D eigenvalue weighted by Gasteiger charge is -2.20. The van der Waals surface area contributed by atoms with Crippen molar-refractivity contribution < 1.29 is 4.74 Å². The van der Waals surface area contributed by atoms with E-state index in [1.807, 2.05) is 12.1 Å². The van der Waals surface area contributed by atoms with Gasteiger partial charge >= 0.3 is 0 Å². The maximum atomic E-state index is 5.70. The van der Waals surface area contributed by atoms with Gasteiger partial charge in [0, 0.05) is 11.8 Å². The van der Waals surface area contributed by atoms with E-state index in [9.17, 15) is 0 Å². The first-order valence-electron chi connectivity index (χ1n) is 4.40. The van der Waals surface area contributed by atoms with E-state index in [1.165, 1.54) is 16.7 Å². The minimum atomic E-state index is -0.106. The summed E-state index contributed by atoms with van der Waals surface area (Å²) < 4.78 is 5.70. The summed E-state index contributed by atoms with van der Waals surface area (Å²) in [4.78, 5) is 1.32. The molecule has 0 aromatic heterocycles. The Morgan fingerprint density at radius 2 is 1.62 bits per heavy atom. The van der Waals surface area contributed by atoms with Crippen LogP contribution in [-0.4, -0.2) is 11.9 Å². The number of benzene rings is 1. The zero-order valence-corrected chi connectivity index (χ0v) is 9.56. The van der Waals surface area contributed by atoms with Gasteiger partial charge in [-0.1, -0.05) is 0 Å². The Labute approximate surface area is 84.5 Å². The summed E-state index contributed by atoms with van der Waals surface area (Å²) >= 11 is 1.30. The standard InChI is InChI=1S/C11H16OS/c1-11(2,3)12-9-5-7-10(13-4)8-6-9/h5-8H,1-4H3/p+1. The smallest absolute Gasteiger partial charge is 0.152 e. The molecule has 0 unspecified atom stereocenters. The second-order valence-electron chi connectivity index (χ2n) is 3.93. The third-order valence-electron chi connectivity index (χ3n) is 1.52. The molecule has 0 saturated carbocycles. The predicted molar refractivity (Wildman–Crippen MR) is 59.8 cm³/mol. The first-order valence-corrected chi connectivity index (χ1v) is 5.74. The summed E-state index contributed by atoms with van der Waals surface area (Å²) in [5, 5.41) is 0. The van der Waals surface area contributed by atoms with Crippen LogP contribution >= 0.6 is 0 Å². The topological polar surface area (TPSA) is 9.23 Å². The number of thiol groups is 1. The van der Waals surface area contributed by atoms with Crippen molar-refractivity contribution >= 4 is 11.8 Å². The van der Waals surface area contributed by atoms with E-state index >= 15 is 0 Å². The quantitative estimate of drug-likeness (QED) is 0.523. The Hall–Kier alpha value is -0.630. The number of rotatable bonds is 2. The van der Waals surface area contributed by atoms with Gasteiger partial charge in [-0.15, -0.1) is 0 Å². The van der Waals surface area contributed by atoms with Gasteiger partial charge in [0.1, 0.15) is 17.6 Å². The summed E-state index contributed by atoms with van der Waals surface area (Å²) in [6.07, 6.45) is 2.12. The van der Waals surface area contributed by atoms with Crippen molar-refractivity contribution in [2.24, 2.45) is 0 Å². The van der Waals surface area contributed by atoms with Crippen LogP contribution in [0.1, 0.15) is 20.8 Å². The first-order chi connectivity index (χ1) is 6.01. The fraction of sp³-hybridized carbons (Fsp3) is 0.455. The van der Waals surface area contributed by atoms with Crippen molar-refractivity contribution in [3.63, 3.8) is 0 Å². The van der Waals surface area contributed by atoms with E-state index in [0.717, 1.165) is 5.75 Å². The van der Waals surface area contributed by atoms with Crippen molar-refractivity contribution in [3.05, 3.63) is 24.3 Å². The van der Waals surface area contributed by atoms with Crippen LogP contribution in [0.15, 0.2) is 29.2 Å². The Kier molecular flexibility index (Phi) is 3.26. The van der Waals surface area contributed by atoms with Gasteiger partial charge in [-0.2, -0.15) is 0 Å². The molecule has 0 aliphatic carbocycles. The van der Waals surface area contributed by atoms with E-state index in [0.29, 0.717) is 0 Å². The van der Waals surface area contributed by atoms with Crippen LogP contribution in [0.3, 0.4) is 0 Å². The SMILES string of the molecule is C[SH+]c1ccc(OC(C)(C)C)cc1. The highest BCUT2D eigenvalue weighted by atomic mass is 32.2. The molecule has 72 valence electrons. The Morgan fingerprint density at radius 1 is 1.08 bits per heavy atom. The fourth-order valence-electron chi connectivity index (χ4n) is 1.02. The summed E-state index contributed by atoms with van der Waals surface area (Å²) in [5.41, 5.74) is -0.106. The molecule has 1 rings (SSSR count). The van der Waals surface area contributed by atoms with Crippen LogP contribution in [0, 0.1) is 0 Å². The van der Waals surface area contributed by atoms with Crippen LogP contribution in [0.25, 0.3) is 0 Å². The summed E-state index contributed by atoms with van der Waals surface area (Å²) in [6.45, 7) is 6.16. The third-order valence-corrected chi connectivity index (χ3v) is 2.33. The van der Waals surface area contributed by atoms with Gasteiger partial charge < -0.3 is 4.74 Å². The van der Waals surface area contributed by atoms with Gasteiger partial charge in [-0.3, -0.25) is 0 Å². The minimum absolute atomic E-state index is 0.106.